The van der Waals surface area contributed by atoms with Crippen LogP contribution < -0.4 is 0 Å². The fraction of sp³-hybridized carbons (Fsp3) is 0.800. The third kappa shape index (κ3) is 10.0. The summed E-state index contributed by atoms with van der Waals surface area (Å²) in [6.45, 7) is 8.53. The van der Waals surface area contributed by atoms with E-state index in [0.29, 0.717) is 11.2 Å². The van der Waals surface area contributed by atoms with Gasteiger partial charge in [0, 0.05) is 5.25 Å². The number of hydrogen-bond donors (Lipinski definition) is 0. The lowest BCUT2D eigenvalue weighted by Gasteiger charge is -2.15. The lowest BCUT2D eigenvalue weighted by Crippen LogP contribution is -2.09. The molecule has 0 rings (SSSR count). The van der Waals surface area contributed by atoms with E-state index in [0.717, 1.165) is 0 Å². The normalized spacial score (nSPS) is 13.9. The van der Waals surface area contributed by atoms with Gasteiger partial charge in [-0.3, -0.25) is 0 Å². The molecule has 0 radical (unpaired) electrons. The Morgan fingerprint density at radius 2 is 1.53 bits per heavy atom. The monoisotopic (exact) mass is 304 g/mol. The molecule has 0 saturated heterocycles. The van der Waals surface area contributed by atoms with Gasteiger partial charge in [0.05, 0.1) is 5.25 Å². The largest absolute Gasteiger partial charge is 0.252 e. The highest BCUT2D eigenvalue weighted by Gasteiger charge is 2.17. The molecule has 15 heavy (non-hydrogen) atoms. The van der Waals surface area contributed by atoms with Crippen LogP contribution in [-0.2, 0) is 0 Å². The van der Waals surface area contributed by atoms with E-state index in [1.807, 2.05) is 0 Å². The molecule has 0 spiro atoms. The molecule has 0 aromatic heterocycles. The van der Waals surface area contributed by atoms with Crippen LogP contribution in [0.5, 0.6) is 0 Å². The maximum Gasteiger partial charge on any atom is 0.252 e. The Hall–Kier alpha value is 1.13. The summed E-state index contributed by atoms with van der Waals surface area (Å²) >= 11 is 16.8. The highest BCUT2D eigenvalue weighted by Crippen LogP contribution is 2.34. The van der Waals surface area contributed by atoms with Crippen LogP contribution in [0.25, 0.3) is 0 Å². The van der Waals surface area contributed by atoms with Gasteiger partial charge in [0.2, 0.25) is 0 Å². The summed E-state index contributed by atoms with van der Waals surface area (Å²) in [5.74, 6) is 6.10. The summed E-state index contributed by atoms with van der Waals surface area (Å²) in [5.41, 5.74) is 0. The average molecular weight is 306 g/mol. The molecule has 5 heteroatoms. The Labute approximate surface area is 116 Å². The molecule has 0 amide bonds. The van der Waals surface area contributed by atoms with Crippen molar-refractivity contribution in [2.24, 2.45) is 5.92 Å². The highest BCUT2D eigenvalue weighted by atomic mass is 35.6. The number of rotatable bonds is 4. The molecule has 0 nitrogen and oxygen atoms in total. The molecule has 0 bridgehead atoms. The second kappa shape index (κ2) is 7.45. The summed E-state index contributed by atoms with van der Waals surface area (Å²) in [4.78, 5) is 0. The van der Waals surface area contributed by atoms with Gasteiger partial charge in [-0.05, 0) is 11.8 Å². The minimum atomic E-state index is -1.46. The van der Waals surface area contributed by atoms with E-state index in [9.17, 15) is 0 Å². The number of hydrogen-bond acceptors (Lipinski definition) is 2. The molecule has 88 valence electrons. The van der Waals surface area contributed by atoms with Crippen LogP contribution in [0.2, 0.25) is 0 Å². The van der Waals surface area contributed by atoms with E-state index in [1.165, 1.54) is 0 Å². The molecule has 0 heterocycles. The van der Waals surface area contributed by atoms with Crippen LogP contribution in [0.15, 0.2) is 0 Å². The molecule has 0 aromatic rings. The standard InChI is InChI=1S/C10H15Cl3S2/c1-7(2)9(15-14-8(3)4)5-6-10(11,12)13/h7-9H,1-4H3. The number of halogens is 3. The molecule has 1 atom stereocenters. The Kier molecular flexibility index (Phi) is 8.02. The van der Waals surface area contributed by atoms with Crippen molar-refractivity contribution < 1.29 is 0 Å². The first-order valence-corrected chi connectivity index (χ1v) is 8.05. The maximum atomic E-state index is 5.59. The molecule has 0 aliphatic carbocycles. The van der Waals surface area contributed by atoms with Crippen molar-refractivity contribution in [2.75, 3.05) is 0 Å². The van der Waals surface area contributed by atoms with Gasteiger partial charge in [-0.15, -0.1) is 0 Å². The smallest absolute Gasteiger partial charge is 0.0900 e. The SMILES string of the molecule is CC(C)SSC(C#CC(Cl)(Cl)Cl)C(C)C. The van der Waals surface area contributed by atoms with E-state index in [-0.39, 0.29) is 5.25 Å². The summed E-state index contributed by atoms with van der Waals surface area (Å²) < 4.78 is -1.46. The second-order valence-corrected chi connectivity index (χ2v) is 8.94. The quantitative estimate of drug-likeness (QED) is 0.399. The van der Waals surface area contributed by atoms with Gasteiger partial charge in [0.25, 0.3) is 3.79 Å². The van der Waals surface area contributed by atoms with Gasteiger partial charge >= 0.3 is 0 Å². The average Bonchev–Trinajstić information content (AvgIpc) is 2.00. The van der Waals surface area contributed by atoms with Crippen molar-refractivity contribution in [1.29, 1.82) is 0 Å². The highest BCUT2D eigenvalue weighted by molar-refractivity contribution is 8.77. The molecule has 0 N–H and O–H groups in total. The van der Waals surface area contributed by atoms with E-state index >= 15 is 0 Å². The molecule has 0 aromatic carbocycles. The fourth-order valence-electron chi connectivity index (χ4n) is 0.626. The fourth-order valence-corrected chi connectivity index (χ4v) is 3.30. The van der Waals surface area contributed by atoms with Crippen LogP contribution in [0.1, 0.15) is 27.7 Å². The minimum Gasteiger partial charge on any atom is -0.0900 e. The van der Waals surface area contributed by atoms with Crippen LogP contribution in [-0.4, -0.2) is 14.3 Å². The Bertz CT molecular complexity index is 235. The first kappa shape index (κ1) is 16.1. The lowest BCUT2D eigenvalue weighted by molar-refractivity contribution is 0.692. The number of alkyl halides is 3. The van der Waals surface area contributed by atoms with Crippen LogP contribution >= 0.6 is 56.4 Å². The van der Waals surface area contributed by atoms with Gasteiger partial charge in [0.15, 0.2) is 0 Å². The molecular formula is C10H15Cl3S2. The van der Waals surface area contributed by atoms with Gasteiger partial charge in [-0.2, -0.15) is 0 Å². The van der Waals surface area contributed by atoms with Crippen LogP contribution in [0.3, 0.4) is 0 Å². The topological polar surface area (TPSA) is 0 Å². The summed E-state index contributed by atoms with van der Waals surface area (Å²) in [6, 6.07) is 0. The summed E-state index contributed by atoms with van der Waals surface area (Å²) in [6.07, 6.45) is 0. The first-order valence-electron chi connectivity index (χ1n) is 4.64. The third-order valence-corrected chi connectivity index (χ3v) is 5.07. The maximum absolute atomic E-state index is 5.59. The Morgan fingerprint density at radius 3 is 1.87 bits per heavy atom. The van der Waals surface area contributed by atoms with Gasteiger partial charge in [-0.25, -0.2) is 0 Å². The van der Waals surface area contributed by atoms with Crippen LogP contribution in [0, 0.1) is 17.8 Å². The predicted molar refractivity (Wildman–Crippen MR) is 77.0 cm³/mol. The van der Waals surface area contributed by atoms with Crippen molar-refractivity contribution in [3.05, 3.63) is 0 Å². The summed E-state index contributed by atoms with van der Waals surface area (Å²) in [7, 11) is 3.55. The minimum absolute atomic E-state index is 0.202. The van der Waals surface area contributed by atoms with E-state index in [4.69, 9.17) is 34.8 Å². The van der Waals surface area contributed by atoms with E-state index in [2.05, 4.69) is 39.5 Å². The molecule has 0 aliphatic rings. The van der Waals surface area contributed by atoms with Crippen molar-refractivity contribution in [2.45, 2.75) is 42.0 Å². The van der Waals surface area contributed by atoms with Crippen molar-refractivity contribution in [1.82, 2.24) is 0 Å². The molecule has 0 aliphatic heterocycles. The summed E-state index contributed by atoms with van der Waals surface area (Å²) in [5, 5.41) is 0.777. The van der Waals surface area contributed by atoms with E-state index in [1.54, 1.807) is 21.6 Å². The van der Waals surface area contributed by atoms with Gasteiger partial charge < -0.3 is 0 Å². The van der Waals surface area contributed by atoms with Crippen molar-refractivity contribution >= 4 is 56.4 Å². The van der Waals surface area contributed by atoms with Crippen molar-refractivity contribution in [3.8, 4) is 11.8 Å². The molecule has 1 unspecified atom stereocenters. The Balaban J connectivity index is 4.33. The second-order valence-electron chi connectivity index (χ2n) is 3.67. The van der Waals surface area contributed by atoms with Crippen LogP contribution in [0.4, 0.5) is 0 Å². The molecular weight excluding hydrogens is 291 g/mol. The molecule has 0 fully saturated rings. The van der Waals surface area contributed by atoms with Gasteiger partial charge in [-0.1, -0.05) is 90.0 Å². The first-order chi connectivity index (χ1) is 6.72. The van der Waals surface area contributed by atoms with Crippen molar-refractivity contribution in [3.63, 3.8) is 0 Å². The predicted octanol–water partition coefficient (Wildman–Crippen LogP) is 5.17. The zero-order valence-corrected chi connectivity index (χ0v) is 13.1. The third-order valence-electron chi connectivity index (χ3n) is 1.31. The zero-order valence-electron chi connectivity index (χ0n) is 9.18. The Morgan fingerprint density at radius 1 is 1.00 bits per heavy atom. The molecule has 0 saturated carbocycles. The van der Waals surface area contributed by atoms with Gasteiger partial charge in [0.1, 0.15) is 0 Å². The van der Waals surface area contributed by atoms with E-state index < -0.39 is 3.79 Å². The zero-order chi connectivity index (χ0) is 12.1. The lowest BCUT2D eigenvalue weighted by atomic mass is 10.1.